The third kappa shape index (κ3) is 3.77. The number of hydrogen-bond acceptors (Lipinski definition) is 6. The number of nitrogen functional groups attached to an aromatic ring is 1. The Kier molecular flexibility index (Phi) is 4.50. The molecule has 0 saturated heterocycles. The van der Waals surface area contributed by atoms with Crippen molar-refractivity contribution < 1.29 is 0 Å². The second kappa shape index (κ2) is 6.33. The summed E-state index contributed by atoms with van der Waals surface area (Å²) in [4.78, 5) is 14.0. The normalized spacial score (nSPS) is 11.0. The minimum Gasteiger partial charge on any atom is -0.368 e. The van der Waals surface area contributed by atoms with Crippen molar-refractivity contribution in [2.75, 3.05) is 24.7 Å². The molecule has 2 N–H and O–H groups in total. The smallest absolute Gasteiger partial charge is 0.230 e. The van der Waals surface area contributed by atoms with Gasteiger partial charge in [0.15, 0.2) is 5.82 Å². The van der Waals surface area contributed by atoms with Crippen molar-refractivity contribution in [1.82, 2.24) is 15.0 Å². The standard InChI is InChI=1S/C14H13BrN6/c1-21(2)14-19-12(18-13(17)20-14)10(8-16)6-9-4-3-5-11(15)7-9/h3-7H,1-2H3,(H2,17,18,19,20)/b10-6-. The predicted molar refractivity (Wildman–Crippen MR) is 86.2 cm³/mol. The molecule has 7 heteroatoms. The Morgan fingerprint density at radius 2 is 2.10 bits per heavy atom. The summed E-state index contributed by atoms with van der Waals surface area (Å²) < 4.78 is 0.928. The van der Waals surface area contributed by atoms with Crippen molar-refractivity contribution in [3.63, 3.8) is 0 Å². The Hall–Kier alpha value is -2.46. The van der Waals surface area contributed by atoms with Crippen LogP contribution in [-0.4, -0.2) is 29.0 Å². The van der Waals surface area contributed by atoms with Crippen LogP contribution in [0.4, 0.5) is 11.9 Å². The summed E-state index contributed by atoms with van der Waals surface area (Å²) in [5.74, 6) is 0.751. The second-order valence-corrected chi connectivity index (χ2v) is 5.35. The van der Waals surface area contributed by atoms with Crippen molar-refractivity contribution in [3.05, 3.63) is 40.1 Å². The van der Waals surface area contributed by atoms with Gasteiger partial charge in [-0.2, -0.15) is 20.2 Å². The molecule has 0 spiro atoms. The number of allylic oxidation sites excluding steroid dienone is 1. The summed E-state index contributed by atoms with van der Waals surface area (Å²) in [6.07, 6.45) is 1.71. The minimum absolute atomic E-state index is 0.0825. The Morgan fingerprint density at radius 3 is 2.71 bits per heavy atom. The quantitative estimate of drug-likeness (QED) is 0.859. The van der Waals surface area contributed by atoms with Crippen molar-refractivity contribution in [2.45, 2.75) is 0 Å². The molecule has 0 aliphatic rings. The van der Waals surface area contributed by atoms with Crippen LogP contribution in [0, 0.1) is 11.3 Å². The van der Waals surface area contributed by atoms with Gasteiger partial charge in [0.2, 0.25) is 11.9 Å². The van der Waals surface area contributed by atoms with Gasteiger partial charge in [0.05, 0.1) is 5.57 Å². The average Bonchev–Trinajstić information content (AvgIpc) is 2.44. The molecular formula is C14H13BrN6. The summed E-state index contributed by atoms with van der Waals surface area (Å²) in [6, 6.07) is 9.68. The van der Waals surface area contributed by atoms with Crippen LogP contribution >= 0.6 is 15.9 Å². The first-order valence-electron chi connectivity index (χ1n) is 6.06. The summed E-state index contributed by atoms with van der Waals surface area (Å²) in [5, 5.41) is 9.35. The molecule has 1 aromatic heterocycles. The van der Waals surface area contributed by atoms with E-state index in [-0.39, 0.29) is 11.8 Å². The molecule has 2 rings (SSSR count). The van der Waals surface area contributed by atoms with Gasteiger partial charge in [0, 0.05) is 18.6 Å². The number of benzene rings is 1. The minimum atomic E-state index is 0.0825. The van der Waals surface area contributed by atoms with E-state index >= 15 is 0 Å². The second-order valence-electron chi connectivity index (χ2n) is 4.44. The van der Waals surface area contributed by atoms with Crippen LogP contribution in [0.3, 0.4) is 0 Å². The Balaban J connectivity index is 2.49. The Morgan fingerprint density at radius 1 is 1.33 bits per heavy atom. The number of nitrogens with two attached hydrogens (primary N) is 1. The zero-order chi connectivity index (χ0) is 15.4. The van der Waals surface area contributed by atoms with Crippen molar-refractivity contribution in [3.8, 4) is 6.07 Å². The first-order valence-corrected chi connectivity index (χ1v) is 6.85. The molecule has 6 nitrogen and oxygen atoms in total. The number of rotatable bonds is 3. The molecule has 0 aliphatic heterocycles. The number of hydrogen-bond donors (Lipinski definition) is 1. The van der Waals surface area contributed by atoms with Crippen LogP contribution in [0.25, 0.3) is 11.6 Å². The number of nitriles is 1. The molecule has 0 saturated carbocycles. The van der Waals surface area contributed by atoms with E-state index in [0.717, 1.165) is 10.0 Å². The highest BCUT2D eigenvalue weighted by molar-refractivity contribution is 9.10. The van der Waals surface area contributed by atoms with Gasteiger partial charge in [-0.1, -0.05) is 28.1 Å². The fourth-order valence-electron chi connectivity index (χ4n) is 1.61. The van der Waals surface area contributed by atoms with E-state index in [1.165, 1.54) is 0 Å². The monoisotopic (exact) mass is 344 g/mol. The van der Waals surface area contributed by atoms with Crippen molar-refractivity contribution >= 4 is 39.5 Å². The van der Waals surface area contributed by atoms with Crippen molar-refractivity contribution in [2.24, 2.45) is 0 Å². The van der Waals surface area contributed by atoms with Crippen LogP contribution in [0.2, 0.25) is 0 Å². The lowest BCUT2D eigenvalue weighted by Crippen LogP contribution is -2.15. The highest BCUT2D eigenvalue weighted by Gasteiger charge is 2.10. The van der Waals surface area contributed by atoms with Gasteiger partial charge in [-0.15, -0.1) is 0 Å². The molecule has 1 heterocycles. The molecule has 0 atom stereocenters. The SMILES string of the molecule is CN(C)c1nc(N)nc(/C(C#N)=C\c2cccc(Br)c2)n1. The average molecular weight is 345 g/mol. The lowest BCUT2D eigenvalue weighted by molar-refractivity contribution is 0.952. The number of nitrogens with zero attached hydrogens (tertiary/aromatic N) is 5. The lowest BCUT2D eigenvalue weighted by atomic mass is 10.1. The number of anilines is 2. The van der Waals surface area contributed by atoms with Gasteiger partial charge in [-0.25, -0.2) is 0 Å². The number of halogens is 1. The van der Waals surface area contributed by atoms with Gasteiger partial charge in [-0.3, -0.25) is 0 Å². The van der Waals surface area contributed by atoms with E-state index in [1.54, 1.807) is 25.1 Å². The van der Waals surface area contributed by atoms with Crippen LogP contribution in [0.5, 0.6) is 0 Å². The largest absolute Gasteiger partial charge is 0.368 e. The van der Waals surface area contributed by atoms with Crippen LogP contribution in [0.1, 0.15) is 11.4 Å². The molecule has 106 valence electrons. The van der Waals surface area contributed by atoms with Gasteiger partial charge >= 0.3 is 0 Å². The zero-order valence-corrected chi connectivity index (χ0v) is 13.2. The predicted octanol–water partition coefficient (Wildman–Crippen LogP) is 2.35. The Bertz CT molecular complexity index is 732. The van der Waals surface area contributed by atoms with E-state index < -0.39 is 0 Å². The lowest BCUT2D eigenvalue weighted by Gasteiger charge is -2.11. The van der Waals surface area contributed by atoms with Gasteiger partial charge in [-0.05, 0) is 23.8 Å². The van der Waals surface area contributed by atoms with Crippen molar-refractivity contribution in [1.29, 1.82) is 5.26 Å². The molecule has 2 aromatic rings. The maximum Gasteiger partial charge on any atom is 0.230 e. The molecule has 0 fully saturated rings. The molecule has 0 bridgehead atoms. The van der Waals surface area contributed by atoms with E-state index in [2.05, 4.69) is 37.0 Å². The molecule has 0 radical (unpaired) electrons. The number of aromatic nitrogens is 3. The topological polar surface area (TPSA) is 91.7 Å². The molecule has 0 unspecified atom stereocenters. The van der Waals surface area contributed by atoms with Gasteiger partial charge in [0.1, 0.15) is 6.07 Å². The summed E-state index contributed by atoms with van der Waals surface area (Å²) in [6.45, 7) is 0. The van der Waals surface area contributed by atoms with Gasteiger partial charge < -0.3 is 10.6 Å². The first-order chi connectivity index (χ1) is 9.99. The molecule has 0 amide bonds. The Labute approximate surface area is 131 Å². The highest BCUT2D eigenvalue weighted by atomic mass is 79.9. The van der Waals surface area contributed by atoms with Crippen LogP contribution in [0.15, 0.2) is 28.7 Å². The molecule has 1 aromatic carbocycles. The first kappa shape index (κ1) is 14.9. The van der Waals surface area contributed by atoms with Crippen LogP contribution < -0.4 is 10.6 Å². The van der Waals surface area contributed by atoms with E-state index in [0.29, 0.717) is 11.5 Å². The summed E-state index contributed by atoms with van der Waals surface area (Å²) in [5.41, 5.74) is 6.87. The maximum absolute atomic E-state index is 9.35. The summed E-state index contributed by atoms with van der Waals surface area (Å²) >= 11 is 3.39. The zero-order valence-electron chi connectivity index (χ0n) is 11.6. The summed E-state index contributed by atoms with van der Waals surface area (Å²) in [7, 11) is 3.59. The van der Waals surface area contributed by atoms with Gasteiger partial charge in [0.25, 0.3) is 0 Å². The molecule has 0 aliphatic carbocycles. The third-order valence-electron chi connectivity index (χ3n) is 2.56. The maximum atomic E-state index is 9.35. The fraction of sp³-hybridized carbons (Fsp3) is 0.143. The third-order valence-corrected chi connectivity index (χ3v) is 3.06. The molecular weight excluding hydrogens is 332 g/mol. The highest BCUT2D eigenvalue weighted by Crippen LogP contribution is 2.19. The molecule has 21 heavy (non-hydrogen) atoms. The fourth-order valence-corrected chi connectivity index (χ4v) is 2.03. The van der Waals surface area contributed by atoms with E-state index in [9.17, 15) is 5.26 Å². The van der Waals surface area contributed by atoms with Crippen LogP contribution in [-0.2, 0) is 0 Å². The van der Waals surface area contributed by atoms with E-state index in [4.69, 9.17) is 5.73 Å². The van der Waals surface area contributed by atoms with E-state index in [1.807, 2.05) is 24.3 Å².